The quantitative estimate of drug-likeness (QED) is 0.821. The summed E-state index contributed by atoms with van der Waals surface area (Å²) in [5.74, 6) is 1.94. The lowest BCUT2D eigenvalue weighted by Gasteiger charge is -2.22. The molecule has 0 saturated heterocycles. The van der Waals surface area contributed by atoms with Gasteiger partial charge in [0.1, 0.15) is 5.82 Å². The molecule has 2 aromatic heterocycles. The van der Waals surface area contributed by atoms with Crippen molar-refractivity contribution in [3.05, 3.63) is 42.2 Å². The van der Waals surface area contributed by atoms with Crippen LogP contribution < -0.4 is 0 Å². The van der Waals surface area contributed by atoms with E-state index in [0.717, 1.165) is 17.4 Å². The minimum Gasteiger partial charge on any atom is -0.302 e. The molecule has 0 N–H and O–H groups in total. The minimum absolute atomic E-state index is 0.468. The zero-order valence-corrected chi connectivity index (χ0v) is 11.3. The van der Waals surface area contributed by atoms with Gasteiger partial charge < -0.3 is 4.57 Å². The van der Waals surface area contributed by atoms with Crippen molar-refractivity contribution in [3.63, 3.8) is 0 Å². The highest BCUT2D eigenvalue weighted by molar-refractivity contribution is 5.41. The van der Waals surface area contributed by atoms with Crippen LogP contribution in [-0.4, -0.2) is 14.5 Å². The number of imidazole rings is 1. The molecular weight excluding hydrogens is 234 g/mol. The van der Waals surface area contributed by atoms with Crippen LogP contribution in [0.3, 0.4) is 0 Å². The lowest BCUT2D eigenvalue weighted by atomic mass is 9.83. The van der Waals surface area contributed by atoms with E-state index in [2.05, 4.69) is 26.8 Å². The van der Waals surface area contributed by atoms with Crippen molar-refractivity contribution >= 4 is 0 Å². The third-order valence-electron chi connectivity index (χ3n) is 5.06. The topological polar surface area (TPSA) is 30.7 Å². The van der Waals surface area contributed by atoms with Crippen LogP contribution in [0.1, 0.15) is 43.5 Å². The van der Waals surface area contributed by atoms with E-state index in [-0.39, 0.29) is 0 Å². The van der Waals surface area contributed by atoms with Crippen molar-refractivity contribution in [1.29, 1.82) is 0 Å². The van der Waals surface area contributed by atoms with Gasteiger partial charge in [-0.25, -0.2) is 4.98 Å². The molecule has 2 aliphatic carbocycles. The van der Waals surface area contributed by atoms with Crippen LogP contribution in [0.4, 0.5) is 0 Å². The molecule has 2 fully saturated rings. The van der Waals surface area contributed by atoms with Gasteiger partial charge in [-0.15, -0.1) is 0 Å². The Labute approximate surface area is 113 Å². The Bertz CT molecular complexity index is 616. The number of fused-ring (bicyclic) bond motifs is 1. The number of rotatable bonds is 2. The zero-order chi connectivity index (χ0) is 12.9. The van der Waals surface area contributed by atoms with Gasteiger partial charge in [-0.3, -0.25) is 4.98 Å². The number of aromatic nitrogens is 3. The van der Waals surface area contributed by atoms with Gasteiger partial charge in [0, 0.05) is 24.0 Å². The second-order valence-electron chi connectivity index (χ2n) is 6.08. The average Bonchev–Trinajstić information content (AvgIpc) is 3.06. The Kier molecular flexibility index (Phi) is 2.32. The molecule has 2 aliphatic rings. The predicted octanol–water partition coefficient (Wildman–Crippen LogP) is 3.41. The van der Waals surface area contributed by atoms with Gasteiger partial charge in [-0.2, -0.15) is 0 Å². The summed E-state index contributed by atoms with van der Waals surface area (Å²) in [5.41, 5.74) is 3.07. The Hall–Kier alpha value is -1.64. The fraction of sp³-hybridized carbons (Fsp3) is 0.500. The summed E-state index contributed by atoms with van der Waals surface area (Å²) in [6, 6.07) is 2.33. The van der Waals surface area contributed by atoms with Gasteiger partial charge in [0.25, 0.3) is 0 Å². The first-order valence-electron chi connectivity index (χ1n) is 7.25. The maximum absolute atomic E-state index is 4.48. The number of aryl methyl sites for hydroxylation is 1. The lowest BCUT2D eigenvalue weighted by Crippen LogP contribution is -2.15. The van der Waals surface area contributed by atoms with Gasteiger partial charge >= 0.3 is 0 Å². The maximum atomic E-state index is 4.48. The van der Waals surface area contributed by atoms with Crippen LogP contribution in [0.5, 0.6) is 0 Å². The van der Waals surface area contributed by atoms with Crippen molar-refractivity contribution in [2.24, 2.45) is 5.92 Å². The summed E-state index contributed by atoms with van der Waals surface area (Å²) in [5, 5.41) is 0. The van der Waals surface area contributed by atoms with E-state index in [0.29, 0.717) is 5.41 Å². The molecule has 2 saturated carbocycles. The molecule has 0 spiro atoms. The molecule has 3 heteroatoms. The predicted molar refractivity (Wildman–Crippen MR) is 74.3 cm³/mol. The average molecular weight is 253 g/mol. The zero-order valence-electron chi connectivity index (χ0n) is 11.3. The molecule has 2 heterocycles. The highest BCUT2D eigenvalue weighted by Crippen LogP contribution is 2.62. The first kappa shape index (κ1) is 11.2. The van der Waals surface area contributed by atoms with E-state index in [4.69, 9.17) is 0 Å². The summed E-state index contributed by atoms with van der Waals surface area (Å²) in [7, 11) is 0. The minimum atomic E-state index is 0.468. The molecule has 0 aliphatic heterocycles. The molecule has 3 nitrogen and oxygen atoms in total. The van der Waals surface area contributed by atoms with Crippen molar-refractivity contribution < 1.29 is 0 Å². The van der Waals surface area contributed by atoms with Crippen LogP contribution in [0.15, 0.2) is 30.9 Å². The fourth-order valence-electron chi connectivity index (χ4n) is 3.88. The van der Waals surface area contributed by atoms with E-state index >= 15 is 0 Å². The summed E-state index contributed by atoms with van der Waals surface area (Å²) < 4.78 is 2.12. The van der Waals surface area contributed by atoms with Crippen molar-refractivity contribution in [2.75, 3.05) is 0 Å². The van der Waals surface area contributed by atoms with Gasteiger partial charge in [0.05, 0.1) is 11.9 Å². The maximum Gasteiger partial charge on any atom is 0.110 e. The normalized spacial score (nSPS) is 29.0. The molecule has 98 valence electrons. The fourth-order valence-corrected chi connectivity index (χ4v) is 3.88. The third-order valence-corrected chi connectivity index (χ3v) is 5.06. The van der Waals surface area contributed by atoms with Crippen molar-refractivity contribution in [2.45, 2.75) is 44.4 Å². The molecule has 0 aromatic carbocycles. The number of nitrogens with zero attached hydrogens (tertiary/aromatic N) is 3. The Morgan fingerprint density at radius 3 is 3.05 bits per heavy atom. The van der Waals surface area contributed by atoms with E-state index in [1.165, 1.54) is 37.7 Å². The summed E-state index contributed by atoms with van der Waals surface area (Å²) in [4.78, 5) is 8.78. The van der Waals surface area contributed by atoms with Crippen LogP contribution >= 0.6 is 0 Å². The van der Waals surface area contributed by atoms with Gasteiger partial charge in [-0.1, -0.05) is 12.8 Å². The highest BCUT2D eigenvalue weighted by Gasteiger charge is 2.55. The number of hydrogen-bond acceptors (Lipinski definition) is 2. The van der Waals surface area contributed by atoms with Gasteiger partial charge in [-0.05, 0) is 43.7 Å². The summed E-state index contributed by atoms with van der Waals surface area (Å²) >= 11 is 0. The molecule has 4 rings (SSSR count). The molecule has 0 amide bonds. The van der Waals surface area contributed by atoms with E-state index < -0.39 is 0 Å². The molecular formula is C16H19N3. The largest absolute Gasteiger partial charge is 0.302 e. The Balaban J connectivity index is 1.74. The van der Waals surface area contributed by atoms with Crippen LogP contribution in [0, 0.1) is 12.8 Å². The molecule has 2 atom stereocenters. The van der Waals surface area contributed by atoms with Crippen molar-refractivity contribution in [1.82, 2.24) is 14.5 Å². The second kappa shape index (κ2) is 3.92. The first-order chi connectivity index (χ1) is 9.29. The summed E-state index contributed by atoms with van der Waals surface area (Å²) in [6.45, 7) is 2.03. The first-order valence-corrected chi connectivity index (χ1v) is 7.25. The molecule has 1 unspecified atom stereocenters. The van der Waals surface area contributed by atoms with Crippen LogP contribution in [-0.2, 0) is 5.41 Å². The summed E-state index contributed by atoms with van der Waals surface area (Å²) in [6.07, 6.45) is 14.8. The van der Waals surface area contributed by atoms with Crippen molar-refractivity contribution in [3.8, 4) is 5.69 Å². The standard InChI is InChI=1S/C16H19N3/c1-12-18-6-7-19(12)15-8-14(10-17-11-15)16-5-3-2-4-13(16)9-16/h6-8,10-11,13H,2-5,9H2,1H3/t13?,16-/m1/s1. The smallest absolute Gasteiger partial charge is 0.110 e. The molecule has 2 aromatic rings. The van der Waals surface area contributed by atoms with E-state index in [9.17, 15) is 0 Å². The monoisotopic (exact) mass is 253 g/mol. The second-order valence-corrected chi connectivity index (χ2v) is 6.08. The third kappa shape index (κ3) is 1.64. The van der Waals surface area contributed by atoms with Gasteiger partial charge in [0.2, 0.25) is 0 Å². The lowest BCUT2D eigenvalue weighted by molar-refractivity contribution is 0.427. The van der Waals surface area contributed by atoms with E-state index in [1.807, 2.05) is 25.5 Å². The SMILES string of the molecule is Cc1nccn1-c1cncc([C@@]23CCCCC2C3)c1. The highest BCUT2D eigenvalue weighted by atomic mass is 15.1. The van der Waals surface area contributed by atoms with Crippen LogP contribution in [0.25, 0.3) is 5.69 Å². The number of pyridine rings is 1. The van der Waals surface area contributed by atoms with E-state index in [1.54, 1.807) is 0 Å². The molecule has 0 bridgehead atoms. The van der Waals surface area contributed by atoms with Gasteiger partial charge in [0.15, 0.2) is 0 Å². The Morgan fingerprint density at radius 2 is 2.26 bits per heavy atom. The molecule has 0 radical (unpaired) electrons. The molecule has 19 heavy (non-hydrogen) atoms. The Morgan fingerprint density at radius 1 is 1.32 bits per heavy atom. The number of hydrogen-bond donors (Lipinski definition) is 0. The van der Waals surface area contributed by atoms with Crippen LogP contribution in [0.2, 0.25) is 0 Å².